The fraction of sp³-hybridized carbons (Fsp3) is 0.800. The Kier molecular flexibility index (Phi) is 3.33. The Morgan fingerprint density at radius 3 is 2.85 bits per heavy atom. The van der Waals surface area contributed by atoms with Gasteiger partial charge in [-0.2, -0.15) is 0 Å². The molecule has 13 heavy (non-hydrogen) atoms. The Hall–Kier alpha value is -0.540. The first-order valence-electron chi connectivity index (χ1n) is 4.73. The molecule has 1 atom stereocenters. The van der Waals surface area contributed by atoms with Crippen LogP contribution in [0.4, 0.5) is 0 Å². The van der Waals surface area contributed by atoms with Crippen LogP contribution in [0.2, 0.25) is 0 Å². The molecule has 76 valence electrons. The van der Waals surface area contributed by atoms with Gasteiger partial charge in [0.2, 0.25) is 0 Å². The molecule has 0 amide bonds. The molecular weight excluding hydrogens is 168 g/mol. The predicted molar refractivity (Wildman–Crippen MR) is 50.4 cm³/mol. The van der Waals surface area contributed by atoms with E-state index in [4.69, 9.17) is 9.47 Å². The van der Waals surface area contributed by atoms with Gasteiger partial charge in [0.1, 0.15) is 11.9 Å². The maximum absolute atomic E-state index is 9.89. The van der Waals surface area contributed by atoms with Gasteiger partial charge in [-0.1, -0.05) is 0 Å². The highest BCUT2D eigenvalue weighted by molar-refractivity contribution is 5.09. The lowest BCUT2D eigenvalue weighted by molar-refractivity contribution is -0.0962. The van der Waals surface area contributed by atoms with Gasteiger partial charge in [-0.25, -0.2) is 0 Å². The van der Waals surface area contributed by atoms with E-state index in [1.54, 1.807) is 0 Å². The molecule has 3 nitrogen and oxygen atoms in total. The Morgan fingerprint density at radius 1 is 1.69 bits per heavy atom. The molecule has 0 aromatic rings. The quantitative estimate of drug-likeness (QED) is 0.722. The van der Waals surface area contributed by atoms with Gasteiger partial charge in [0.15, 0.2) is 0 Å². The third kappa shape index (κ3) is 2.45. The minimum atomic E-state index is -0.657. The highest BCUT2D eigenvalue weighted by Crippen LogP contribution is 2.24. The van der Waals surface area contributed by atoms with Crippen molar-refractivity contribution in [2.45, 2.75) is 38.9 Å². The van der Waals surface area contributed by atoms with Crippen LogP contribution in [0.15, 0.2) is 11.8 Å². The lowest BCUT2D eigenvalue weighted by atomic mass is 10.00. The second kappa shape index (κ2) is 4.11. The predicted octanol–water partition coefficient (Wildman–Crippen LogP) is 1.47. The first-order chi connectivity index (χ1) is 6.08. The van der Waals surface area contributed by atoms with Crippen molar-refractivity contribution in [3.63, 3.8) is 0 Å². The van der Waals surface area contributed by atoms with Gasteiger partial charge in [-0.05, 0) is 26.8 Å². The Morgan fingerprint density at radius 2 is 2.38 bits per heavy atom. The average molecular weight is 186 g/mol. The monoisotopic (exact) mass is 186 g/mol. The molecule has 0 spiro atoms. The standard InChI is InChI=1S/C10H18O3/c1-4-13-10(2,3)9(11)8-6-5-7-12-8/h6,9,11H,4-5,7H2,1-3H3. The van der Waals surface area contributed by atoms with Gasteiger partial charge in [-0.15, -0.1) is 0 Å². The normalized spacial score (nSPS) is 19.5. The molecule has 0 bridgehead atoms. The summed E-state index contributed by atoms with van der Waals surface area (Å²) in [5.41, 5.74) is -0.565. The first-order valence-corrected chi connectivity index (χ1v) is 4.73. The van der Waals surface area contributed by atoms with Crippen LogP contribution in [0, 0.1) is 0 Å². The zero-order valence-corrected chi connectivity index (χ0v) is 8.54. The average Bonchev–Trinajstić information content (AvgIpc) is 2.54. The molecule has 0 saturated heterocycles. The SMILES string of the molecule is CCOC(C)(C)C(O)C1=CCCO1. The van der Waals surface area contributed by atoms with Crippen LogP contribution in [-0.4, -0.2) is 30.0 Å². The van der Waals surface area contributed by atoms with Gasteiger partial charge in [0.05, 0.1) is 12.2 Å². The van der Waals surface area contributed by atoms with E-state index in [0.29, 0.717) is 19.0 Å². The van der Waals surface area contributed by atoms with Gasteiger partial charge in [0, 0.05) is 13.0 Å². The molecule has 0 aliphatic carbocycles. The fourth-order valence-corrected chi connectivity index (χ4v) is 1.42. The van der Waals surface area contributed by atoms with E-state index < -0.39 is 11.7 Å². The second-order valence-electron chi connectivity index (χ2n) is 3.68. The highest BCUT2D eigenvalue weighted by atomic mass is 16.5. The van der Waals surface area contributed by atoms with Crippen molar-refractivity contribution in [2.75, 3.05) is 13.2 Å². The number of rotatable bonds is 4. The van der Waals surface area contributed by atoms with E-state index in [-0.39, 0.29) is 0 Å². The minimum absolute atomic E-state index is 0.565. The van der Waals surface area contributed by atoms with Crippen LogP contribution in [0.3, 0.4) is 0 Å². The molecule has 0 fully saturated rings. The van der Waals surface area contributed by atoms with Crippen molar-refractivity contribution in [3.8, 4) is 0 Å². The summed E-state index contributed by atoms with van der Waals surface area (Å²) in [6, 6.07) is 0. The first kappa shape index (κ1) is 10.5. The molecule has 0 aromatic heterocycles. The summed E-state index contributed by atoms with van der Waals surface area (Å²) in [6.45, 7) is 6.91. The third-order valence-electron chi connectivity index (χ3n) is 2.18. The van der Waals surface area contributed by atoms with Crippen LogP contribution in [0.25, 0.3) is 0 Å². The number of hydrogen-bond donors (Lipinski definition) is 1. The van der Waals surface area contributed by atoms with Crippen molar-refractivity contribution in [1.29, 1.82) is 0 Å². The molecule has 1 unspecified atom stereocenters. The van der Waals surface area contributed by atoms with Crippen molar-refractivity contribution in [2.24, 2.45) is 0 Å². The summed E-state index contributed by atoms with van der Waals surface area (Å²) < 4.78 is 10.7. The zero-order chi connectivity index (χ0) is 9.90. The zero-order valence-electron chi connectivity index (χ0n) is 8.54. The maximum Gasteiger partial charge on any atom is 0.139 e. The van der Waals surface area contributed by atoms with E-state index in [1.807, 2.05) is 26.8 Å². The number of hydrogen-bond acceptors (Lipinski definition) is 3. The van der Waals surface area contributed by atoms with Gasteiger partial charge in [0.25, 0.3) is 0 Å². The van der Waals surface area contributed by atoms with Gasteiger partial charge in [-0.3, -0.25) is 0 Å². The van der Waals surface area contributed by atoms with Crippen molar-refractivity contribution < 1.29 is 14.6 Å². The Labute approximate surface area is 79.3 Å². The fourth-order valence-electron chi connectivity index (χ4n) is 1.42. The maximum atomic E-state index is 9.89. The van der Waals surface area contributed by atoms with Crippen molar-refractivity contribution in [1.82, 2.24) is 0 Å². The molecule has 0 radical (unpaired) electrons. The van der Waals surface area contributed by atoms with Crippen LogP contribution in [0.5, 0.6) is 0 Å². The van der Waals surface area contributed by atoms with Gasteiger partial charge < -0.3 is 14.6 Å². The Balaban J connectivity index is 2.58. The lowest BCUT2D eigenvalue weighted by Crippen LogP contribution is -2.40. The Bertz CT molecular complexity index is 196. The highest BCUT2D eigenvalue weighted by Gasteiger charge is 2.33. The summed E-state index contributed by atoms with van der Waals surface area (Å²) in [5.74, 6) is 0.651. The second-order valence-corrected chi connectivity index (χ2v) is 3.68. The molecule has 1 aliphatic rings. The van der Waals surface area contributed by atoms with Crippen LogP contribution < -0.4 is 0 Å². The molecular formula is C10H18O3. The van der Waals surface area contributed by atoms with E-state index in [9.17, 15) is 5.11 Å². The van der Waals surface area contributed by atoms with E-state index >= 15 is 0 Å². The lowest BCUT2D eigenvalue weighted by Gasteiger charge is -2.30. The van der Waals surface area contributed by atoms with E-state index in [0.717, 1.165) is 6.42 Å². The summed E-state index contributed by atoms with van der Waals surface area (Å²) >= 11 is 0. The summed E-state index contributed by atoms with van der Waals surface area (Å²) in [5, 5.41) is 9.89. The minimum Gasteiger partial charge on any atom is -0.495 e. The number of aliphatic hydroxyl groups excluding tert-OH is 1. The van der Waals surface area contributed by atoms with Crippen LogP contribution >= 0.6 is 0 Å². The molecule has 1 aliphatic heterocycles. The molecule has 1 N–H and O–H groups in total. The van der Waals surface area contributed by atoms with Crippen molar-refractivity contribution >= 4 is 0 Å². The molecule has 3 heteroatoms. The molecule has 1 heterocycles. The smallest absolute Gasteiger partial charge is 0.139 e. The van der Waals surface area contributed by atoms with Crippen LogP contribution in [-0.2, 0) is 9.47 Å². The number of ether oxygens (including phenoxy) is 2. The van der Waals surface area contributed by atoms with Gasteiger partial charge >= 0.3 is 0 Å². The third-order valence-corrected chi connectivity index (χ3v) is 2.18. The molecule has 0 saturated carbocycles. The summed E-state index contributed by atoms with van der Waals surface area (Å²) in [6.07, 6.45) is 2.15. The largest absolute Gasteiger partial charge is 0.495 e. The number of aliphatic hydroxyl groups is 1. The van der Waals surface area contributed by atoms with Crippen LogP contribution in [0.1, 0.15) is 27.2 Å². The van der Waals surface area contributed by atoms with E-state index in [2.05, 4.69) is 0 Å². The van der Waals surface area contributed by atoms with Crippen molar-refractivity contribution in [3.05, 3.63) is 11.8 Å². The molecule has 0 aromatic carbocycles. The van der Waals surface area contributed by atoms with E-state index in [1.165, 1.54) is 0 Å². The summed E-state index contributed by atoms with van der Waals surface area (Å²) in [7, 11) is 0. The topological polar surface area (TPSA) is 38.7 Å². The summed E-state index contributed by atoms with van der Waals surface area (Å²) in [4.78, 5) is 0. The molecule has 1 rings (SSSR count).